The van der Waals surface area contributed by atoms with Crippen LogP contribution in [0.5, 0.6) is 0 Å². The summed E-state index contributed by atoms with van der Waals surface area (Å²) in [6, 6.07) is 0. The van der Waals surface area contributed by atoms with Crippen LogP contribution in [-0.2, 0) is 0 Å². The van der Waals surface area contributed by atoms with Gasteiger partial charge in [0.25, 0.3) is 0 Å². The summed E-state index contributed by atoms with van der Waals surface area (Å²) < 4.78 is 0. The fraction of sp³-hybridized carbons (Fsp3) is 1.00. The molecule has 0 amide bonds. The molecule has 1 rings (SSSR count). The van der Waals surface area contributed by atoms with Gasteiger partial charge in [0.1, 0.15) is 0 Å². The van der Waals surface area contributed by atoms with E-state index in [1.54, 1.807) is 0 Å². The van der Waals surface area contributed by atoms with Gasteiger partial charge in [0.15, 0.2) is 0 Å². The quantitative estimate of drug-likeness (QED) is 0.547. The van der Waals surface area contributed by atoms with Crippen LogP contribution in [0.25, 0.3) is 0 Å². The maximum absolute atomic E-state index is 5.28. The van der Waals surface area contributed by atoms with Crippen LogP contribution in [0, 0.1) is 5.92 Å². The van der Waals surface area contributed by atoms with Gasteiger partial charge in [-0.1, -0.05) is 0 Å². The van der Waals surface area contributed by atoms with Gasteiger partial charge in [-0.15, -0.1) is 24.8 Å². The van der Waals surface area contributed by atoms with E-state index in [4.69, 9.17) is 11.5 Å². The van der Waals surface area contributed by atoms with Gasteiger partial charge >= 0.3 is 0 Å². The van der Waals surface area contributed by atoms with E-state index in [9.17, 15) is 0 Å². The van der Waals surface area contributed by atoms with E-state index in [-0.39, 0.29) is 31.0 Å². The van der Waals surface area contributed by atoms with E-state index < -0.39 is 0 Å². The Bertz CT molecular complexity index is 54.0. The average molecular weight is 159 g/mol. The molecule has 8 heavy (non-hydrogen) atoms. The van der Waals surface area contributed by atoms with Gasteiger partial charge in [0.05, 0.1) is 6.17 Å². The number of halogens is 2. The third-order valence-electron chi connectivity index (χ3n) is 1.17. The molecule has 0 aromatic heterocycles. The van der Waals surface area contributed by atoms with Crippen molar-refractivity contribution in [2.75, 3.05) is 0 Å². The van der Waals surface area contributed by atoms with Crippen LogP contribution < -0.4 is 11.5 Å². The summed E-state index contributed by atoms with van der Waals surface area (Å²) in [6.45, 7) is 0. The van der Waals surface area contributed by atoms with Crippen molar-refractivity contribution in [2.24, 2.45) is 17.4 Å². The average Bonchev–Trinajstić information content (AvgIpc) is 2.06. The molecule has 1 saturated carbocycles. The van der Waals surface area contributed by atoms with Crippen molar-refractivity contribution < 1.29 is 0 Å². The number of rotatable bonds is 1. The van der Waals surface area contributed by atoms with Gasteiger partial charge in [-0.05, 0) is 18.8 Å². The molecule has 4 N–H and O–H groups in total. The van der Waals surface area contributed by atoms with Crippen molar-refractivity contribution in [3.05, 3.63) is 0 Å². The Hall–Kier alpha value is 0.500. The largest absolute Gasteiger partial charge is 0.316 e. The van der Waals surface area contributed by atoms with E-state index >= 15 is 0 Å². The fourth-order valence-corrected chi connectivity index (χ4v) is 0.481. The van der Waals surface area contributed by atoms with Gasteiger partial charge in [0, 0.05) is 0 Å². The molecule has 0 heterocycles. The normalized spacial score (nSPS) is 16.9. The second-order valence-corrected chi connectivity index (χ2v) is 1.91. The molecule has 0 spiro atoms. The first-order valence-corrected chi connectivity index (χ1v) is 2.32. The summed E-state index contributed by atoms with van der Waals surface area (Å²) in [5, 5.41) is 0. The van der Waals surface area contributed by atoms with Gasteiger partial charge in [-0.25, -0.2) is 0 Å². The number of hydrogen-bond acceptors (Lipinski definition) is 2. The molecule has 0 radical (unpaired) electrons. The highest BCUT2D eigenvalue weighted by atomic mass is 35.5. The van der Waals surface area contributed by atoms with E-state index in [0.717, 1.165) is 0 Å². The number of hydrogen-bond donors (Lipinski definition) is 2. The molecular weight excluding hydrogens is 147 g/mol. The molecular formula is C4H12Cl2N2. The van der Waals surface area contributed by atoms with Crippen molar-refractivity contribution in [3.63, 3.8) is 0 Å². The van der Waals surface area contributed by atoms with Crippen LogP contribution in [0.3, 0.4) is 0 Å². The molecule has 0 unspecified atom stereocenters. The second kappa shape index (κ2) is 4.39. The second-order valence-electron chi connectivity index (χ2n) is 1.91. The molecule has 52 valence electrons. The van der Waals surface area contributed by atoms with Crippen LogP contribution in [0.2, 0.25) is 0 Å². The topological polar surface area (TPSA) is 52.0 Å². The summed E-state index contributed by atoms with van der Waals surface area (Å²) >= 11 is 0. The molecule has 4 heteroatoms. The monoisotopic (exact) mass is 158 g/mol. The summed E-state index contributed by atoms with van der Waals surface area (Å²) in [5.41, 5.74) is 10.6. The lowest BCUT2D eigenvalue weighted by molar-refractivity contribution is 0.621. The lowest BCUT2D eigenvalue weighted by atomic mass is 10.4. The third kappa shape index (κ3) is 3.50. The Balaban J connectivity index is 0. The van der Waals surface area contributed by atoms with E-state index in [0.29, 0.717) is 5.92 Å². The summed E-state index contributed by atoms with van der Waals surface area (Å²) in [7, 11) is 0. The zero-order valence-electron chi connectivity index (χ0n) is 4.54. The lowest BCUT2D eigenvalue weighted by Gasteiger charge is -1.96. The molecule has 0 saturated heterocycles. The molecule has 0 aliphatic heterocycles. The fourth-order valence-electron chi connectivity index (χ4n) is 0.481. The minimum absolute atomic E-state index is 0. The Morgan fingerprint density at radius 2 is 1.50 bits per heavy atom. The van der Waals surface area contributed by atoms with Crippen LogP contribution in [0.1, 0.15) is 12.8 Å². The van der Waals surface area contributed by atoms with Crippen LogP contribution in [0.4, 0.5) is 0 Å². The molecule has 0 atom stereocenters. The minimum atomic E-state index is -0.0370. The Kier molecular flexibility index (Phi) is 6.20. The van der Waals surface area contributed by atoms with Crippen LogP contribution in [0.15, 0.2) is 0 Å². The summed E-state index contributed by atoms with van der Waals surface area (Å²) in [5.74, 6) is 0.657. The Morgan fingerprint density at radius 3 is 1.50 bits per heavy atom. The highest BCUT2D eigenvalue weighted by Crippen LogP contribution is 2.29. The van der Waals surface area contributed by atoms with Gasteiger partial charge in [0.2, 0.25) is 0 Å². The zero-order valence-corrected chi connectivity index (χ0v) is 6.17. The first-order valence-electron chi connectivity index (χ1n) is 2.32. The number of nitrogens with two attached hydrogens (primary N) is 2. The highest BCUT2D eigenvalue weighted by Gasteiger charge is 2.25. The van der Waals surface area contributed by atoms with E-state index in [1.165, 1.54) is 12.8 Å². The molecule has 0 aromatic carbocycles. The van der Waals surface area contributed by atoms with Crippen molar-refractivity contribution in [2.45, 2.75) is 19.0 Å². The zero-order chi connectivity index (χ0) is 4.57. The van der Waals surface area contributed by atoms with E-state index in [2.05, 4.69) is 0 Å². The standard InChI is InChI=1S/C4H10N2.2ClH/c5-4(6)3-1-2-3;;/h3-4H,1-2,5-6H2;2*1H. The first kappa shape index (κ1) is 11.3. The lowest BCUT2D eigenvalue weighted by Crippen LogP contribution is -2.32. The van der Waals surface area contributed by atoms with Crippen LogP contribution in [-0.4, -0.2) is 6.17 Å². The maximum Gasteiger partial charge on any atom is 0.0549 e. The Morgan fingerprint density at radius 1 is 1.12 bits per heavy atom. The van der Waals surface area contributed by atoms with Crippen molar-refractivity contribution in [1.82, 2.24) is 0 Å². The van der Waals surface area contributed by atoms with Crippen molar-refractivity contribution in [3.8, 4) is 0 Å². The molecule has 0 aromatic rings. The summed E-state index contributed by atoms with van der Waals surface area (Å²) in [4.78, 5) is 0. The predicted molar refractivity (Wildman–Crippen MR) is 39.4 cm³/mol. The molecule has 2 nitrogen and oxygen atoms in total. The molecule has 1 aliphatic rings. The predicted octanol–water partition coefficient (Wildman–Crippen LogP) is 0.483. The molecule has 1 fully saturated rings. The first-order chi connectivity index (χ1) is 2.80. The van der Waals surface area contributed by atoms with Crippen molar-refractivity contribution in [1.29, 1.82) is 0 Å². The smallest absolute Gasteiger partial charge is 0.0549 e. The van der Waals surface area contributed by atoms with Gasteiger partial charge in [-0.3, -0.25) is 0 Å². The van der Waals surface area contributed by atoms with Crippen molar-refractivity contribution >= 4 is 24.8 Å². The SMILES string of the molecule is Cl.Cl.NC(N)C1CC1. The minimum Gasteiger partial charge on any atom is -0.316 e. The van der Waals surface area contributed by atoms with Gasteiger partial charge in [-0.2, -0.15) is 0 Å². The summed E-state index contributed by atoms with van der Waals surface area (Å²) in [6.07, 6.45) is 2.46. The third-order valence-corrected chi connectivity index (χ3v) is 1.17. The maximum atomic E-state index is 5.28. The molecule has 0 bridgehead atoms. The molecule has 1 aliphatic carbocycles. The van der Waals surface area contributed by atoms with Crippen LogP contribution >= 0.6 is 24.8 Å². The highest BCUT2D eigenvalue weighted by molar-refractivity contribution is 5.85. The van der Waals surface area contributed by atoms with E-state index in [1.807, 2.05) is 0 Å². The Labute approximate surface area is 61.8 Å². The van der Waals surface area contributed by atoms with Gasteiger partial charge < -0.3 is 11.5 Å².